The average molecular weight is 283 g/mol. The molecule has 3 rings (SSSR count). The van der Waals surface area contributed by atoms with Crippen LogP contribution in [-0.4, -0.2) is 24.0 Å². The number of nitrogens with zero attached hydrogens (tertiary/aromatic N) is 1. The second kappa shape index (κ2) is 4.70. The molecule has 0 radical (unpaired) electrons. The Kier molecular flexibility index (Phi) is 2.97. The molecule has 1 amide bonds. The summed E-state index contributed by atoms with van der Waals surface area (Å²) in [6.45, 7) is 3.54. The van der Waals surface area contributed by atoms with Crippen LogP contribution in [0.15, 0.2) is 34.9 Å². The predicted molar refractivity (Wildman–Crippen MR) is 75.6 cm³/mol. The number of Topliss-reactive ketones (excluding diaryl/α,β-unsaturated/α-hetero) is 2. The molecule has 0 aliphatic carbocycles. The van der Waals surface area contributed by atoms with E-state index in [1.54, 1.807) is 18.2 Å². The standard InChI is InChI=1S/C16H13NO4/c1-9-5-6-11-14(10(9)2)17(16(20)15(11)19)8-12(18)13-4-3-7-21-13/h3-7H,8H2,1-2H3. The van der Waals surface area contributed by atoms with Crippen LogP contribution >= 0.6 is 0 Å². The number of fused-ring (bicyclic) bond motifs is 1. The van der Waals surface area contributed by atoms with Crippen molar-refractivity contribution in [2.75, 3.05) is 11.4 Å². The molecule has 2 aromatic rings. The number of amides is 1. The van der Waals surface area contributed by atoms with Gasteiger partial charge >= 0.3 is 0 Å². The van der Waals surface area contributed by atoms with Gasteiger partial charge < -0.3 is 4.42 Å². The van der Waals surface area contributed by atoms with Crippen LogP contribution in [0, 0.1) is 13.8 Å². The number of hydrogen-bond donors (Lipinski definition) is 0. The van der Waals surface area contributed by atoms with Crippen LogP contribution < -0.4 is 4.90 Å². The lowest BCUT2D eigenvalue weighted by Gasteiger charge is -2.18. The van der Waals surface area contributed by atoms with Gasteiger partial charge in [-0.1, -0.05) is 6.07 Å². The van der Waals surface area contributed by atoms with E-state index in [-0.39, 0.29) is 18.1 Å². The zero-order valence-electron chi connectivity index (χ0n) is 11.7. The van der Waals surface area contributed by atoms with Gasteiger partial charge in [0.25, 0.3) is 11.7 Å². The van der Waals surface area contributed by atoms with E-state index in [1.807, 2.05) is 13.8 Å². The van der Waals surface area contributed by atoms with Crippen LogP contribution in [0.3, 0.4) is 0 Å². The number of aryl methyl sites for hydroxylation is 1. The highest BCUT2D eigenvalue weighted by Crippen LogP contribution is 2.34. The van der Waals surface area contributed by atoms with Gasteiger partial charge in [-0.15, -0.1) is 0 Å². The Balaban J connectivity index is 2.01. The normalized spacial score (nSPS) is 13.7. The second-order valence-electron chi connectivity index (χ2n) is 5.02. The summed E-state index contributed by atoms with van der Waals surface area (Å²) in [5.41, 5.74) is 2.69. The van der Waals surface area contributed by atoms with Crippen molar-refractivity contribution in [3.8, 4) is 0 Å². The Morgan fingerprint density at radius 2 is 1.95 bits per heavy atom. The fourth-order valence-electron chi connectivity index (χ4n) is 2.48. The lowest BCUT2D eigenvalue weighted by atomic mass is 10.0. The van der Waals surface area contributed by atoms with Crippen LogP contribution in [0.1, 0.15) is 32.0 Å². The number of anilines is 1. The molecule has 0 atom stereocenters. The Morgan fingerprint density at radius 1 is 1.19 bits per heavy atom. The number of carbonyl (C=O) groups is 3. The molecule has 21 heavy (non-hydrogen) atoms. The molecule has 0 saturated heterocycles. The third-order valence-corrected chi connectivity index (χ3v) is 3.75. The van der Waals surface area contributed by atoms with E-state index in [0.29, 0.717) is 11.3 Å². The van der Waals surface area contributed by atoms with Crippen molar-refractivity contribution >= 4 is 23.2 Å². The van der Waals surface area contributed by atoms with Crippen molar-refractivity contribution in [1.29, 1.82) is 0 Å². The number of ketones is 2. The maximum Gasteiger partial charge on any atom is 0.299 e. The molecule has 0 spiro atoms. The largest absolute Gasteiger partial charge is 0.461 e. The summed E-state index contributed by atoms with van der Waals surface area (Å²) in [5, 5.41) is 0. The van der Waals surface area contributed by atoms with Gasteiger partial charge in [0.15, 0.2) is 5.76 Å². The van der Waals surface area contributed by atoms with Crippen LogP contribution in [0.2, 0.25) is 0 Å². The van der Waals surface area contributed by atoms with Crippen molar-refractivity contribution in [3.05, 3.63) is 53.0 Å². The summed E-state index contributed by atoms with van der Waals surface area (Å²) in [4.78, 5) is 37.5. The molecule has 1 aromatic carbocycles. The minimum Gasteiger partial charge on any atom is -0.461 e. The quantitative estimate of drug-likeness (QED) is 0.640. The van der Waals surface area contributed by atoms with Gasteiger partial charge in [0.1, 0.15) is 0 Å². The minimum absolute atomic E-state index is 0.175. The number of furan rings is 1. The maximum absolute atomic E-state index is 12.1. The Hall–Kier alpha value is -2.69. The molecule has 0 fully saturated rings. The number of hydrogen-bond acceptors (Lipinski definition) is 4. The molecule has 0 bridgehead atoms. The lowest BCUT2D eigenvalue weighted by Crippen LogP contribution is -2.35. The van der Waals surface area contributed by atoms with Gasteiger partial charge in [0.2, 0.25) is 5.78 Å². The van der Waals surface area contributed by atoms with E-state index in [9.17, 15) is 14.4 Å². The van der Waals surface area contributed by atoms with Gasteiger partial charge in [-0.2, -0.15) is 0 Å². The van der Waals surface area contributed by atoms with Crippen molar-refractivity contribution in [3.63, 3.8) is 0 Å². The van der Waals surface area contributed by atoms with Crippen molar-refractivity contribution in [1.82, 2.24) is 0 Å². The molecule has 0 unspecified atom stereocenters. The molecular formula is C16H13NO4. The molecule has 0 N–H and O–H groups in total. The summed E-state index contributed by atoms with van der Waals surface area (Å²) in [6, 6.07) is 6.58. The van der Waals surface area contributed by atoms with Gasteiger partial charge in [-0.05, 0) is 43.2 Å². The molecular weight excluding hydrogens is 270 g/mol. The van der Waals surface area contributed by atoms with Gasteiger partial charge in [0.05, 0.1) is 24.1 Å². The molecule has 1 aliphatic rings. The number of carbonyl (C=O) groups excluding carboxylic acids is 3. The summed E-state index contributed by atoms with van der Waals surface area (Å²) < 4.78 is 5.04. The first-order valence-corrected chi connectivity index (χ1v) is 6.54. The predicted octanol–water partition coefficient (Wildman–Crippen LogP) is 2.31. The first kappa shape index (κ1) is 13.3. The SMILES string of the molecule is Cc1ccc2c(c1C)N(CC(=O)c1ccco1)C(=O)C2=O. The first-order valence-electron chi connectivity index (χ1n) is 6.54. The average Bonchev–Trinajstić information content (AvgIpc) is 3.07. The van der Waals surface area contributed by atoms with E-state index in [4.69, 9.17) is 4.42 Å². The van der Waals surface area contributed by atoms with Crippen LogP contribution in [0.4, 0.5) is 5.69 Å². The fraction of sp³-hybridized carbons (Fsp3) is 0.188. The number of rotatable bonds is 3. The number of benzene rings is 1. The summed E-state index contributed by atoms with van der Waals surface area (Å²) >= 11 is 0. The van der Waals surface area contributed by atoms with Crippen LogP contribution in [0.5, 0.6) is 0 Å². The molecule has 5 heteroatoms. The monoisotopic (exact) mass is 283 g/mol. The van der Waals surface area contributed by atoms with E-state index in [1.165, 1.54) is 17.2 Å². The highest BCUT2D eigenvalue weighted by atomic mass is 16.3. The minimum atomic E-state index is -0.668. The third-order valence-electron chi connectivity index (χ3n) is 3.75. The molecule has 106 valence electrons. The van der Waals surface area contributed by atoms with Crippen LogP contribution in [0.25, 0.3) is 0 Å². The Bertz CT molecular complexity index is 759. The van der Waals surface area contributed by atoms with Crippen LogP contribution in [-0.2, 0) is 4.79 Å². The van der Waals surface area contributed by atoms with E-state index < -0.39 is 11.7 Å². The van der Waals surface area contributed by atoms with Crippen molar-refractivity contribution in [2.24, 2.45) is 0 Å². The zero-order valence-corrected chi connectivity index (χ0v) is 11.7. The summed E-state index contributed by atoms with van der Waals surface area (Å²) in [7, 11) is 0. The maximum atomic E-state index is 12.1. The van der Waals surface area contributed by atoms with E-state index >= 15 is 0 Å². The molecule has 1 aromatic heterocycles. The summed E-state index contributed by atoms with van der Waals surface area (Å²) in [6.07, 6.45) is 1.40. The Labute approximate surface area is 121 Å². The first-order chi connectivity index (χ1) is 10.0. The zero-order chi connectivity index (χ0) is 15.1. The summed E-state index contributed by atoms with van der Waals surface area (Å²) in [5.74, 6) is -1.40. The smallest absolute Gasteiger partial charge is 0.299 e. The Morgan fingerprint density at radius 3 is 2.62 bits per heavy atom. The molecule has 2 heterocycles. The highest BCUT2D eigenvalue weighted by Gasteiger charge is 2.38. The second-order valence-corrected chi connectivity index (χ2v) is 5.02. The molecule has 1 aliphatic heterocycles. The van der Waals surface area contributed by atoms with E-state index in [2.05, 4.69) is 0 Å². The van der Waals surface area contributed by atoms with Gasteiger partial charge in [-0.3, -0.25) is 19.3 Å². The van der Waals surface area contributed by atoms with Gasteiger partial charge in [0, 0.05) is 0 Å². The fourth-order valence-corrected chi connectivity index (χ4v) is 2.48. The molecule has 5 nitrogen and oxygen atoms in total. The van der Waals surface area contributed by atoms with Crippen molar-refractivity contribution < 1.29 is 18.8 Å². The van der Waals surface area contributed by atoms with E-state index in [0.717, 1.165) is 11.1 Å². The topological polar surface area (TPSA) is 67.6 Å². The molecule has 0 saturated carbocycles. The van der Waals surface area contributed by atoms with Gasteiger partial charge in [-0.25, -0.2) is 0 Å². The highest BCUT2D eigenvalue weighted by molar-refractivity contribution is 6.53. The lowest BCUT2D eigenvalue weighted by molar-refractivity contribution is -0.114. The third kappa shape index (κ3) is 1.98. The van der Waals surface area contributed by atoms with Crippen molar-refractivity contribution in [2.45, 2.75) is 13.8 Å².